The molecule has 0 aromatic heterocycles. The molecule has 21 heavy (non-hydrogen) atoms. The highest BCUT2D eigenvalue weighted by Crippen LogP contribution is 2.28. The zero-order valence-electron chi connectivity index (χ0n) is 12.2. The highest BCUT2D eigenvalue weighted by molar-refractivity contribution is 5.43. The molecule has 110 valence electrons. The van der Waals surface area contributed by atoms with Gasteiger partial charge in [-0.1, -0.05) is 36.4 Å². The second-order valence-electron chi connectivity index (χ2n) is 5.61. The van der Waals surface area contributed by atoms with Crippen molar-refractivity contribution < 1.29 is 4.74 Å². The Hall–Kier alpha value is -2.00. The number of benzene rings is 2. The number of hydrogen-bond acceptors (Lipinski definition) is 3. The molecule has 1 aliphatic rings. The highest BCUT2D eigenvalue weighted by atomic mass is 16.5. The fourth-order valence-corrected chi connectivity index (χ4v) is 2.53. The molecule has 0 saturated heterocycles. The minimum Gasteiger partial charge on any atom is -0.492 e. The monoisotopic (exact) mass is 282 g/mol. The van der Waals surface area contributed by atoms with Gasteiger partial charge in [0.15, 0.2) is 0 Å². The SMILES string of the molecule is Nc1cccc(OCCN(Cc2ccccc2)C2CC2)c1. The fourth-order valence-electron chi connectivity index (χ4n) is 2.53. The Bertz CT molecular complexity index is 566. The predicted molar refractivity (Wildman–Crippen MR) is 86.2 cm³/mol. The predicted octanol–water partition coefficient (Wildman–Crippen LogP) is 3.31. The van der Waals surface area contributed by atoms with Gasteiger partial charge in [-0.25, -0.2) is 0 Å². The van der Waals surface area contributed by atoms with E-state index in [1.807, 2.05) is 24.3 Å². The van der Waals surface area contributed by atoms with E-state index in [4.69, 9.17) is 10.5 Å². The van der Waals surface area contributed by atoms with E-state index in [0.29, 0.717) is 6.61 Å². The van der Waals surface area contributed by atoms with Gasteiger partial charge in [-0.05, 0) is 30.5 Å². The Morgan fingerprint density at radius 3 is 2.57 bits per heavy atom. The summed E-state index contributed by atoms with van der Waals surface area (Å²) in [4.78, 5) is 2.52. The molecule has 0 spiro atoms. The van der Waals surface area contributed by atoms with Crippen LogP contribution in [0.1, 0.15) is 18.4 Å². The molecule has 0 atom stereocenters. The van der Waals surface area contributed by atoms with E-state index in [1.54, 1.807) is 0 Å². The average Bonchev–Trinajstić information content (AvgIpc) is 3.32. The summed E-state index contributed by atoms with van der Waals surface area (Å²) in [5.74, 6) is 0.852. The van der Waals surface area contributed by atoms with E-state index in [-0.39, 0.29) is 0 Å². The van der Waals surface area contributed by atoms with Crippen LogP contribution < -0.4 is 10.5 Å². The average molecular weight is 282 g/mol. The molecule has 3 rings (SSSR count). The zero-order valence-corrected chi connectivity index (χ0v) is 12.2. The maximum Gasteiger partial charge on any atom is 0.121 e. The molecule has 2 N–H and O–H groups in total. The van der Waals surface area contributed by atoms with Gasteiger partial charge in [0.1, 0.15) is 12.4 Å². The molecule has 3 heteroatoms. The van der Waals surface area contributed by atoms with E-state index < -0.39 is 0 Å². The normalized spacial score (nSPS) is 14.3. The van der Waals surface area contributed by atoms with Crippen LogP contribution in [-0.2, 0) is 6.54 Å². The number of nitrogens with two attached hydrogens (primary N) is 1. The Morgan fingerprint density at radius 2 is 1.86 bits per heavy atom. The molecule has 0 unspecified atom stereocenters. The van der Waals surface area contributed by atoms with Crippen molar-refractivity contribution in [2.75, 3.05) is 18.9 Å². The Labute approximate surface area is 126 Å². The smallest absolute Gasteiger partial charge is 0.121 e. The minimum atomic E-state index is 0.701. The fraction of sp³-hybridized carbons (Fsp3) is 0.333. The van der Waals surface area contributed by atoms with E-state index >= 15 is 0 Å². The van der Waals surface area contributed by atoms with Crippen LogP contribution in [-0.4, -0.2) is 24.1 Å². The van der Waals surface area contributed by atoms with Crippen molar-refractivity contribution in [2.45, 2.75) is 25.4 Å². The summed E-state index contributed by atoms with van der Waals surface area (Å²) in [5.41, 5.74) is 7.88. The molecule has 0 radical (unpaired) electrons. The quantitative estimate of drug-likeness (QED) is 0.792. The maximum absolute atomic E-state index is 5.81. The second-order valence-corrected chi connectivity index (χ2v) is 5.61. The lowest BCUT2D eigenvalue weighted by molar-refractivity contribution is 0.195. The first-order chi connectivity index (χ1) is 10.3. The minimum absolute atomic E-state index is 0.701. The van der Waals surface area contributed by atoms with Crippen LogP contribution in [0.5, 0.6) is 5.75 Å². The van der Waals surface area contributed by atoms with Crippen molar-refractivity contribution in [2.24, 2.45) is 0 Å². The van der Waals surface area contributed by atoms with Crippen molar-refractivity contribution in [3.05, 3.63) is 60.2 Å². The van der Waals surface area contributed by atoms with Gasteiger partial charge < -0.3 is 10.5 Å². The van der Waals surface area contributed by atoms with Crippen molar-refractivity contribution >= 4 is 5.69 Å². The number of ether oxygens (including phenoxy) is 1. The third-order valence-electron chi connectivity index (χ3n) is 3.80. The molecule has 0 heterocycles. The Morgan fingerprint density at radius 1 is 1.05 bits per heavy atom. The standard InChI is InChI=1S/C18H22N2O/c19-16-7-4-8-18(13-16)21-12-11-20(17-9-10-17)14-15-5-2-1-3-6-15/h1-8,13,17H,9-12,14,19H2. The van der Waals surface area contributed by atoms with Gasteiger partial charge in [0.05, 0.1) is 0 Å². The summed E-state index contributed by atoms with van der Waals surface area (Å²) < 4.78 is 5.81. The number of nitrogen functional groups attached to an aromatic ring is 1. The van der Waals surface area contributed by atoms with Crippen LogP contribution in [0.2, 0.25) is 0 Å². The van der Waals surface area contributed by atoms with E-state index in [2.05, 4.69) is 35.2 Å². The molecule has 0 amide bonds. The molecule has 0 bridgehead atoms. The third-order valence-corrected chi connectivity index (χ3v) is 3.80. The second kappa shape index (κ2) is 6.64. The van der Waals surface area contributed by atoms with Gasteiger partial charge in [0.25, 0.3) is 0 Å². The van der Waals surface area contributed by atoms with Crippen LogP contribution in [0, 0.1) is 0 Å². The van der Waals surface area contributed by atoms with Gasteiger partial charge in [-0.2, -0.15) is 0 Å². The highest BCUT2D eigenvalue weighted by Gasteiger charge is 2.28. The first-order valence-corrected chi connectivity index (χ1v) is 7.57. The van der Waals surface area contributed by atoms with Crippen LogP contribution in [0.25, 0.3) is 0 Å². The number of anilines is 1. The summed E-state index contributed by atoms with van der Waals surface area (Å²) in [7, 11) is 0. The Balaban J connectivity index is 1.51. The van der Waals surface area contributed by atoms with Crippen molar-refractivity contribution in [3.63, 3.8) is 0 Å². The lowest BCUT2D eigenvalue weighted by Crippen LogP contribution is -2.30. The molecule has 2 aromatic carbocycles. The molecule has 1 aliphatic carbocycles. The topological polar surface area (TPSA) is 38.5 Å². The first kappa shape index (κ1) is 14.0. The van der Waals surface area contributed by atoms with Gasteiger partial charge in [-0.15, -0.1) is 0 Å². The van der Waals surface area contributed by atoms with E-state index in [9.17, 15) is 0 Å². The van der Waals surface area contributed by atoms with Gasteiger partial charge in [-0.3, -0.25) is 4.90 Å². The number of nitrogens with zero attached hydrogens (tertiary/aromatic N) is 1. The molecule has 0 aliphatic heterocycles. The van der Waals surface area contributed by atoms with E-state index in [0.717, 1.165) is 30.6 Å². The first-order valence-electron chi connectivity index (χ1n) is 7.57. The van der Waals surface area contributed by atoms with Crippen LogP contribution in [0.3, 0.4) is 0 Å². The third kappa shape index (κ3) is 4.23. The van der Waals surface area contributed by atoms with Crippen molar-refractivity contribution in [1.82, 2.24) is 4.90 Å². The summed E-state index contributed by atoms with van der Waals surface area (Å²) in [6, 6.07) is 19.0. The summed E-state index contributed by atoms with van der Waals surface area (Å²) in [6.45, 7) is 2.66. The van der Waals surface area contributed by atoms with Gasteiger partial charge >= 0.3 is 0 Å². The summed E-state index contributed by atoms with van der Waals surface area (Å²) in [5, 5.41) is 0. The van der Waals surface area contributed by atoms with Crippen molar-refractivity contribution in [3.8, 4) is 5.75 Å². The lowest BCUT2D eigenvalue weighted by atomic mass is 10.2. The molecule has 3 nitrogen and oxygen atoms in total. The summed E-state index contributed by atoms with van der Waals surface area (Å²) >= 11 is 0. The zero-order chi connectivity index (χ0) is 14.5. The van der Waals surface area contributed by atoms with Crippen LogP contribution in [0.4, 0.5) is 5.69 Å². The maximum atomic E-state index is 5.81. The van der Waals surface area contributed by atoms with Gasteiger partial charge in [0.2, 0.25) is 0 Å². The Kier molecular flexibility index (Phi) is 4.41. The molecular formula is C18H22N2O. The van der Waals surface area contributed by atoms with E-state index in [1.165, 1.54) is 18.4 Å². The summed E-state index contributed by atoms with van der Waals surface area (Å²) in [6.07, 6.45) is 2.62. The number of hydrogen-bond donors (Lipinski definition) is 1. The van der Waals surface area contributed by atoms with Crippen LogP contribution >= 0.6 is 0 Å². The largest absolute Gasteiger partial charge is 0.492 e. The van der Waals surface area contributed by atoms with Gasteiger partial charge in [0, 0.05) is 30.9 Å². The van der Waals surface area contributed by atoms with Crippen molar-refractivity contribution in [1.29, 1.82) is 0 Å². The molecule has 1 fully saturated rings. The number of rotatable bonds is 7. The lowest BCUT2D eigenvalue weighted by Gasteiger charge is -2.22. The molecule has 1 saturated carbocycles. The van der Waals surface area contributed by atoms with Crippen LogP contribution in [0.15, 0.2) is 54.6 Å². The molecule has 2 aromatic rings. The molecular weight excluding hydrogens is 260 g/mol.